The summed E-state index contributed by atoms with van der Waals surface area (Å²) in [5.74, 6) is 0.123. The molecule has 0 aromatic heterocycles. The average Bonchev–Trinajstić information content (AvgIpc) is 2.55. The van der Waals surface area contributed by atoms with E-state index in [9.17, 15) is 13.5 Å². The van der Waals surface area contributed by atoms with Crippen LogP contribution in [-0.2, 0) is 9.84 Å². The Morgan fingerprint density at radius 3 is 2.76 bits per heavy atom. The summed E-state index contributed by atoms with van der Waals surface area (Å²) < 4.78 is 23.9. The minimum Gasteiger partial charge on any atom is -0.394 e. The molecule has 1 atom stereocenters. The first-order valence-corrected chi connectivity index (χ1v) is 7.91. The second-order valence-electron chi connectivity index (χ2n) is 4.42. The molecule has 1 aromatic carbocycles. The number of sulfone groups is 1. The Morgan fingerprint density at radius 1 is 1.47 bits per heavy atom. The quantitative estimate of drug-likeness (QED) is 0.884. The van der Waals surface area contributed by atoms with Gasteiger partial charge in [0.25, 0.3) is 0 Å². The number of aliphatic hydroxyl groups is 1. The number of hydrogen-bond acceptors (Lipinski definition) is 4. The molecule has 1 heterocycles. The van der Waals surface area contributed by atoms with Gasteiger partial charge >= 0.3 is 0 Å². The van der Waals surface area contributed by atoms with E-state index in [2.05, 4.69) is 21.2 Å². The number of hydrogen-bond donors (Lipinski definition) is 2. The summed E-state index contributed by atoms with van der Waals surface area (Å²) >= 11 is 3.35. The molecule has 2 rings (SSSR count). The number of aliphatic hydroxyl groups excluding tert-OH is 1. The molecule has 1 aromatic rings. The third-order valence-electron chi connectivity index (χ3n) is 2.92. The lowest BCUT2D eigenvalue weighted by atomic mass is 10.00. The molecule has 6 heteroatoms. The second-order valence-corrected chi connectivity index (χ2v) is 7.52. The van der Waals surface area contributed by atoms with Crippen molar-refractivity contribution in [2.75, 3.05) is 23.4 Å². The molecule has 0 saturated carbocycles. The molecular formula is C11H14BrNO3S. The highest BCUT2D eigenvalue weighted by Gasteiger charge is 2.41. The molecule has 1 aliphatic rings. The number of anilines is 1. The zero-order valence-electron chi connectivity index (χ0n) is 9.19. The van der Waals surface area contributed by atoms with Crippen molar-refractivity contribution < 1.29 is 13.5 Å². The third-order valence-corrected chi connectivity index (χ3v) is 5.24. The summed E-state index contributed by atoms with van der Waals surface area (Å²) in [5, 5.41) is 12.6. The Morgan fingerprint density at radius 2 is 2.24 bits per heavy atom. The molecule has 17 heavy (non-hydrogen) atoms. The van der Waals surface area contributed by atoms with E-state index in [-0.39, 0.29) is 18.1 Å². The highest BCUT2D eigenvalue weighted by atomic mass is 79.9. The smallest absolute Gasteiger partial charge is 0.152 e. The topological polar surface area (TPSA) is 66.4 Å². The lowest BCUT2D eigenvalue weighted by Gasteiger charge is -2.28. The lowest BCUT2D eigenvalue weighted by molar-refractivity contribution is 0.226. The summed E-state index contributed by atoms with van der Waals surface area (Å²) in [6.07, 6.45) is 0.443. The fraction of sp³-hybridized carbons (Fsp3) is 0.455. The van der Waals surface area contributed by atoms with E-state index in [1.54, 1.807) is 0 Å². The van der Waals surface area contributed by atoms with Crippen molar-refractivity contribution in [2.24, 2.45) is 0 Å². The average molecular weight is 320 g/mol. The van der Waals surface area contributed by atoms with E-state index in [4.69, 9.17) is 0 Å². The van der Waals surface area contributed by atoms with Gasteiger partial charge in [0.1, 0.15) is 0 Å². The molecule has 0 bridgehead atoms. The van der Waals surface area contributed by atoms with Crippen LogP contribution < -0.4 is 5.32 Å². The first-order chi connectivity index (χ1) is 7.95. The maximum Gasteiger partial charge on any atom is 0.152 e. The molecule has 0 radical (unpaired) electrons. The summed E-state index contributed by atoms with van der Waals surface area (Å²) in [6, 6.07) is 7.47. The van der Waals surface area contributed by atoms with Crippen LogP contribution in [0.5, 0.6) is 0 Å². The Kier molecular flexibility index (Phi) is 3.47. The van der Waals surface area contributed by atoms with E-state index >= 15 is 0 Å². The molecule has 94 valence electrons. The maximum atomic E-state index is 11.5. The van der Waals surface area contributed by atoms with Crippen molar-refractivity contribution in [1.82, 2.24) is 0 Å². The first kappa shape index (κ1) is 12.9. The van der Waals surface area contributed by atoms with E-state index in [1.165, 1.54) is 0 Å². The van der Waals surface area contributed by atoms with Gasteiger partial charge in [0, 0.05) is 10.2 Å². The number of halogens is 1. The predicted octanol–water partition coefficient (Wildman–Crippen LogP) is 1.41. The predicted molar refractivity (Wildman–Crippen MR) is 70.9 cm³/mol. The number of rotatable bonds is 3. The van der Waals surface area contributed by atoms with Crippen LogP contribution in [0.15, 0.2) is 28.7 Å². The maximum absolute atomic E-state index is 11.5. The van der Waals surface area contributed by atoms with Gasteiger partial charge in [-0.15, -0.1) is 0 Å². The van der Waals surface area contributed by atoms with E-state index in [0.717, 1.165) is 10.2 Å². The van der Waals surface area contributed by atoms with Crippen LogP contribution in [0.1, 0.15) is 6.42 Å². The molecule has 2 N–H and O–H groups in total. The van der Waals surface area contributed by atoms with Gasteiger partial charge in [-0.2, -0.15) is 0 Å². The number of nitrogens with one attached hydrogen (secondary N) is 1. The van der Waals surface area contributed by atoms with Crippen molar-refractivity contribution in [3.05, 3.63) is 28.7 Å². The standard InChI is InChI=1S/C11H14BrNO3S/c12-9-2-1-3-10(6-9)13-11(7-14)4-5-17(15,16)8-11/h1-3,6,13-14H,4-5,7-8H2. The van der Waals surface area contributed by atoms with Crippen LogP contribution in [0, 0.1) is 0 Å². The molecule has 4 nitrogen and oxygen atoms in total. The van der Waals surface area contributed by atoms with Crippen molar-refractivity contribution in [1.29, 1.82) is 0 Å². The van der Waals surface area contributed by atoms with Gasteiger partial charge in [0.2, 0.25) is 0 Å². The fourth-order valence-corrected chi connectivity index (χ4v) is 4.45. The SMILES string of the molecule is O=S1(=O)CCC(CO)(Nc2cccc(Br)c2)C1. The van der Waals surface area contributed by atoms with Crippen molar-refractivity contribution in [2.45, 2.75) is 12.0 Å². The third kappa shape index (κ3) is 3.00. The van der Waals surface area contributed by atoms with Gasteiger partial charge in [0.15, 0.2) is 9.84 Å². The Balaban J connectivity index is 2.22. The highest BCUT2D eigenvalue weighted by Crippen LogP contribution is 2.28. The minimum absolute atomic E-state index is 0.0109. The molecule has 0 spiro atoms. The zero-order chi connectivity index (χ0) is 12.5. The molecule has 0 amide bonds. The Bertz CT molecular complexity index is 517. The van der Waals surface area contributed by atoms with Gasteiger partial charge in [-0.3, -0.25) is 0 Å². The van der Waals surface area contributed by atoms with Gasteiger partial charge in [-0.1, -0.05) is 22.0 Å². The molecular weight excluding hydrogens is 306 g/mol. The molecule has 1 aliphatic heterocycles. The van der Waals surface area contributed by atoms with Gasteiger partial charge in [-0.25, -0.2) is 8.42 Å². The van der Waals surface area contributed by atoms with Crippen molar-refractivity contribution >= 4 is 31.5 Å². The fourth-order valence-electron chi connectivity index (χ4n) is 2.05. The molecule has 1 saturated heterocycles. The van der Waals surface area contributed by atoms with Crippen LogP contribution in [0.3, 0.4) is 0 Å². The van der Waals surface area contributed by atoms with E-state index in [0.29, 0.717) is 6.42 Å². The van der Waals surface area contributed by atoms with Crippen LogP contribution in [0.4, 0.5) is 5.69 Å². The zero-order valence-corrected chi connectivity index (χ0v) is 11.6. The monoisotopic (exact) mass is 319 g/mol. The van der Waals surface area contributed by atoms with Crippen LogP contribution in [0.2, 0.25) is 0 Å². The van der Waals surface area contributed by atoms with Gasteiger partial charge < -0.3 is 10.4 Å². The van der Waals surface area contributed by atoms with Crippen LogP contribution >= 0.6 is 15.9 Å². The minimum atomic E-state index is -3.03. The van der Waals surface area contributed by atoms with Gasteiger partial charge in [-0.05, 0) is 24.6 Å². The second kappa shape index (κ2) is 4.59. The Hall–Kier alpha value is -0.590. The molecule has 1 unspecified atom stereocenters. The van der Waals surface area contributed by atoms with Crippen molar-refractivity contribution in [3.8, 4) is 0 Å². The van der Waals surface area contributed by atoms with Gasteiger partial charge in [0.05, 0.1) is 23.7 Å². The summed E-state index contributed by atoms with van der Waals surface area (Å²) in [4.78, 5) is 0. The normalized spacial score (nSPS) is 26.9. The Labute approximate surface area is 109 Å². The summed E-state index contributed by atoms with van der Waals surface area (Å²) in [7, 11) is -3.03. The first-order valence-electron chi connectivity index (χ1n) is 5.30. The van der Waals surface area contributed by atoms with Crippen LogP contribution in [-0.4, -0.2) is 37.2 Å². The number of benzene rings is 1. The summed E-state index contributed by atoms with van der Waals surface area (Å²) in [5.41, 5.74) is 0.0742. The van der Waals surface area contributed by atoms with E-state index < -0.39 is 15.4 Å². The van der Waals surface area contributed by atoms with Crippen molar-refractivity contribution in [3.63, 3.8) is 0 Å². The lowest BCUT2D eigenvalue weighted by Crippen LogP contribution is -2.43. The highest BCUT2D eigenvalue weighted by molar-refractivity contribution is 9.10. The summed E-state index contributed by atoms with van der Waals surface area (Å²) in [6.45, 7) is -0.182. The largest absolute Gasteiger partial charge is 0.394 e. The molecule has 0 aliphatic carbocycles. The van der Waals surface area contributed by atoms with Crippen LogP contribution in [0.25, 0.3) is 0 Å². The van der Waals surface area contributed by atoms with E-state index in [1.807, 2.05) is 24.3 Å². The molecule has 1 fully saturated rings.